The highest BCUT2D eigenvalue weighted by Crippen LogP contribution is 2.26. The van der Waals surface area contributed by atoms with Crippen molar-refractivity contribution in [2.45, 2.75) is 6.61 Å². The predicted octanol–water partition coefficient (Wildman–Crippen LogP) is 4.23. The molecule has 114 valence electrons. The molecule has 5 nitrogen and oxygen atoms in total. The second kappa shape index (κ2) is 6.69. The first kappa shape index (κ1) is 15.3. The fourth-order valence-corrected chi connectivity index (χ4v) is 2.42. The smallest absolute Gasteiger partial charge is 0.163 e. The van der Waals surface area contributed by atoms with Gasteiger partial charge in [-0.1, -0.05) is 40.5 Å². The molecule has 0 radical (unpaired) electrons. The minimum Gasteiger partial charge on any atom is -0.489 e. The summed E-state index contributed by atoms with van der Waals surface area (Å²) in [7, 11) is 0. The molecule has 3 rings (SSSR count). The zero-order valence-corrected chi connectivity index (χ0v) is 13.3. The number of nitrogens with zero attached hydrogens (tertiary/aromatic N) is 3. The summed E-state index contributed by atoms with van der Waals surface area (Å²) < 4.78 is 5.76. The van der Waals surface area contributed by atoms with Gasteiger partial charge in [-0.05, 0) is 30.3 Å². The van der Waals surface area contributed by atoms with E-state index in [0.717, 1.165) is 11.1 Å². The maximum absolute atomic E-state index is 9.03. The van der Waals surface area contributed by atoms with Gasteiger partial charge in [-0.15, -0.1) is 5.10 Å². The molecule has 23 heavy (non-hydrogen) atoms. The number of nitrogens with one attached hydrogen (secondary N) is 1. The molecule has 0 saturated heterocycles. The molecule has 2 aromatic carbocycles. The summed E-state index contributed by atoms with van der Waals surface area (Å²) in [5, 5.41) is 20.3. The first-order chi connectivity index (χ1) is 11.2. The van der Waals surface area contributed by atoms with E-state index in [1.165, 1.54) is 0 Å². The lowest BCUT2D eigenvalue weighted by Crippen LogP contribution is -1.96. The van der Waals surface area contributed by atoms with Crippen molar-refractivity contribution >= 4 is 23.2 Å². The number of aromatic amines is 1. The highest BCUT2D eigenvalue weighted by atomic mass is 35.5. The third-order valence-electron chi connectivity index (χ3n) is 3.17. The van der Waals surface area contributed by atoms with Gasteiger partial charge in [-0.2, -0.15) is 5.26 Å². The van der Waals surface area contributed by atoms with Gasteiger partial charge >= 0.3 is 0 Å². The van der Waals surface area contributed by atoms with Crippen molar-refractivity contribution < 1.29 is 4.74 Å². The van der Waals surface area contributed by atoms with Crippen LogP contribution >= 0.6 is 23.2 Å². The fourth-order valence-electron chi connectivity index (χ4n) is 2.06. The molecule has 0 bridgehead atoms. The SMILES string of the molecule is N#Cc1[nH]nnc1-c1cccc(OCc2cc(Cl)ccc2Cl)c1. The summed E-state index contributed by atoms with van der Waals surface area (Å²) in [6.07, 6.45) is 0. The minimum atomic E-state index is 0.284. The second-order valence-electron chi connectivity index (χ2n) is 4.70. The van der Waals surface area contributed by atoms with Gasteiger partial charge < -0.3 is 4.74 Å². The molecule has 7 heteroatoms. The molecule has 3 aromatic rings. The quantitative estimate of drug-likeness (QED) is 0.768. The van der Waals surface area contributed by atoms with Crippen LogP contribution in [-0.4, -0.2) is 15.4 Å². The Kier molecular flexibility index (Phi) is 4.47. The highest BCUT2D eigenvalue weighted by molar-refractivity contribution is 6.33. The molecule has 0 aliphatic rings. The zero-order valence-electron chi connectivity index (χ0n) is 11.8. The van der Waals surface area contributed by atoms with Crippen molar-refractivity contribution in [1.29, 1.82) is 5.26 Å². The van der Waals surface area contributed by atoms with Gasteiger partial charge in [-0.25, -0.2) is 5.10 Å². The van der Waals surface area contributed by atoms with Crippen molar-refractivity contribution in [1.82, 2.24) is 15.4 Å². The molecule has 1 heterocycles. The Labute approximate surface area is 142 Å². The van der Waals surface area contributed by atoms with E-state index in [1.807, 2.05) is 24.3 Å². The van der Waals surface area contributed by atoms with Gasteiger partial charge in [-0.3, -0.25) is 0 Å². The molecular formula is C16H10Cl2N4O. The van der Waals surface area contributed by atoms with E-state index >= 15 is 0 Å². The van der Waals surface area contributed by atoms with Crippen molar-refractivity contribution in [3.8, 4) is 23.1 Å². The lowest BCUT2D eigenvalue weighted by molar-refractivity contribution is 0.306. The maximum Gasteiger partial charge on any atom is 0.163 e. The summed E-state index contributed by atoms with van der Waals surface area (Å²) in [5.74, 6) is 0.630. The lowest BCUT2D eigenvalue weighted by atomic mass is 10.1. The summed E-state index contributed by atoms with van der Waals surface area (Å²) in [4.78, 5) is 0. The molecular weight excluding hydrogens is 335 g/mol. The van der Waals surface area contributed by atoms with E-state index in [0.29, 0.717) is 27.2 Å². The Hall–Kier alpha value is -2.55. The largest absolute Gasteiger partial charge is 0.489 e. The van der Waals surface area contributed by atoms with E-state index in [9.17, 15) is 0 Å². The van der Waals surface area contributed by atoms with Gasteiger partial charge in [0.2, 0.25) is 0 Å². The Bertz CT molecular complexity index is 886. The van der Waals surface area contributed by atoms with Crippen molar-refractivity contribution in [2.75, 3.05) is 0 Å². The number of hydrogen-bond acceptors (Lipinski definition) is 4. The van der Waals surface area contributed by atoms with Crippen LogP contribution in [-0.2, 0) is 6.61 Å². The molecule has 0 saturated carbocycles. The molecule has 0 aliphatic carbocycles. The van der Waals surface area contributed by atoms with Crippen LogP contribution in [0.5, 0.6) is 5.75 Å². The second-order valence-corrected chi connectivity index (χ2v) is 5.54. The monoisotopic (exact) mass is 344 g/mol. The van der Waals surface area contributed by atoms with E-state index in [2.05, 4.69) is 15.4 Å². The standard InChI is InChI=1S/C16H10Cl2N4O/c17-12-4-5-14(18)11(6-12)9-23-13-3-1-2-10(7-13)16-15(8-19)20-22-21-16/h1-7H,9H2,(H,20,21,22). The number of hydrogen-bond donors (Lipinski definition) is 1. The van der Waals surface area contributed by atoms with Crippen LogP contribution in [0.4, 0.5) is 0 Å². The van der Waals surface area contributed by atoms with Crippen LogP contribution in [0.3, 0.4) is 0 Å². The van der Waals surface area contributed by atoms with Crippen LogP contribution in [0.25, 0.3) is 11.3 Å². The fraction of sp³-hybridized carbons (Fsp3) is 0.0625. The Morgan fingerprint density at radius 2 is 2.04 bits per heavy atom. The van der Waals surface area contributed by atoms with E-state index in [-0.39, 0.29) is 6.61 Å². The Balaban J connectivity index is 1.81. The topological polar surface area (TPSA) is 74.6 Å². The third-order valence-corrected chi connectivity index (χ3v) is 3.77. The van der Waals surface area contributed by atoms with Crippen molar-refractivity contribution in [2.24, 2.45) is 0 Å². The number of nitriles is 1. The minimum absolute atomic E-state index is 0.284. The lowest BCUT2D eigenvalue weighted by Gasteiger charge is -2.09. The van der Waals surface area contributed by atoms with Crippen LogP contribution in [0.1, 0.15) is 11.3 Å². The maximum atomic E-state index is 9.03. The molecule has 1 aromatic heterocycles. The number of aromatic nitrogens is 3. The summed E-state index contributed by atoms with van der Waals surface area (Å²) >= 11 is 12.1. The van der Waals surface area contributed by atoms with Gasteiger partial charge in [0.15, 0.2) is 5.69 Å². The molecule has 0 aliphatic heterocycles. The first-order valence-corrected chi connectivity index (χ1v) is 7.41. The summed E-state index contributed by atoms with van der Waals surface area (Å²) in [6, 6.07) is 14.5. The van der Waals surface area contributed by atoms with Crippen LogP contribution in [0.15, 0.2) is 42.5 Å². The van der Waals surface area contributed by atoms with Crippen LogP contribution < -0.4 is 4.74 Å². The number of rotatable bonds is 4. The molecule has 0 fully saturated rings. The average molecular weight is 345 g/mol. The average Bonchev–Trinajstić information content (AvgIpc) is 3.04. The number of ether oxygens (including phenoxy) is 1. The van der Waals surface area contributed by atoms with Gasteiger partial charge in [0.05, 0.1) is 0 Å². The third kappa shape index (κ3) is 3.45. The molecule has 0 unspecified atom stereocenters. The van der Waals surface area contributed by atoms with Crippen molar-refractivity contribution in [3.63, 3.8) is 0 Å². The Morgan fingerprint density at radius 3 is 2.87 bits per heavy atom. The van der Waals surface area contributed by atoms with Crippen LogP contribution in [0, 0.1) is 11.3 Å². The number of halogens is 2. The van der Waals surface area contributed by atoms with Crippen molar-refractivity contribution in [3.05, 3.63) is 63.8 Å². The summed E-state index contributed by atoms with van der Waals surface area (Å²) in [5.41, 5.74) is 2.33. The van der Waals surface area contributed by atoms with Gasteiger partial charge in [0.1, 0.15) is 24.1 Å². The number of benzene rings is 2. The normalized spacial score (nSPS) is 10.3. The molecule has 0 amide bonds. The number of H-pyrrole nitrogens is 1. The summed E-state index contributed by atoms with van der Waals surface area (Å²) in [6.45, 7) is 0.284. The van der Waals surface area contributed by atoms with Crippen LogP contribution in [0.2, 0.25) is 10.0 Å². The predicted molar refractivity (Wildman–Crippen MR) is 87.3 cm³/mol. The molecule has 0 atom stereocenters. The van der Waals surface area contributed by atoms with Gasteiger partial charge in [0.25, 0.3) is 0 Å². The Morgan fingerprint density at radius 1 is 1.17 bits per heavy atom. The molecule has 1 N–H and O–H groups in total. The molecule has 0 spiro atoms. The van der Waals surface area contributed by atoms with E-state index in [4.69, 9.17) is 33.2 Å². The van der Waals surface area contributed by atoms with E-state index < -0.39 is 0 Å². The zero-order chi connectivity index (χ0) is 16.2. The first-order valence-electron chi connectivity index (χ1n) is 6.65. The highest BCUT2D eigenvalue weighted by Gasteiger charge is 2.10. The van der Waals surface area contributed by atoms with E-state index in [1.54, 1.807) is 24.3 Å². The van der Waals surface area contributed by atoms with Gasteiger partial charge in [0, 0.05) is 21.2 Å².